The van der Waals surface area contributed by atoms with Crippen molar-refractivity contribution in [1.82, 2.24) is 5.32 Å². The van der Waals surface area contributed by atoms with Crippen LogP contribution < -0.4 is 5.32 Å². The van der Waals surface area contributed by atoms with Crippen LogP contribution in [-0.2, 0) is 25.2 Å². The van der Waals surface area contributed by atoms with Gasteiger partial charge in [-0.15, -0.1) is 0 Å². The summed E-state index contributed by atoms with van der Waals surface area (Å²) in [5.41, 5.74) is 0.969. The van der Waals surface area contributed by atoms with Gasteiger partial charge in [-0.2, -0.15) is 26.3 Å². The molecule has 2 aromatic carbocycles. The number of hydrogen-bond donors (Lipinski definition) is 1. The number of nitrogens with one attached hydrogen (secondary N) is 1. The number of rotatable bonds is 8. The van der Waals surface area contributed by atoms with Crippen molar-refractivity contribution < 1.29 is 26.3 Å². The molecule has 1 fully saturated rings. The van der Waals surface area contributed by atoms with Crippen molar-refractivity contribution in [3.63, 3.8) is 0 Å². The predicted molar refractivity (Wildman–Crippen MR) is 132 cm³/mol. The molecule has 2 unspecified atom stereocenters. The second kappa shape index (κ2) is 11.6. The van der Waals surface area contributed by atoms with Crippen molar-refractivity contribution in [1.29, 1.82) is 0 Å². The normalized spacial score (nSPS) is 18.5. The number of allylic oxidation sites excluding steroid dienone is 1. The largest absolute Gasteiger partial charge is 0.416 e. The van der Waals surface area contributed by atoms with Crippen molar-refractivity contribution in [2.24, 2.45) is 10.9 Å². The van der Waals surface area contributed by atoms with Gasteiger partial charge in [-0.1, -0.05) is 44.2 Å². The van der Waals surface area contributed by atoms with Crippen LogP contribution in [0.25, 0.3) is 5.70 Å². The molecule has 0 saturated carbocycles. The Morgan fingerprint density at radius 1 is 1.03 bits per heavy atom. The topological polar surface area (TPSA) is 24.4 Å². The van der Waals surface area contributed by atoms with Gasteiger partial charge in [0, 0.05) is 17.3 Å². The molecule has 1 aliphatic heterocycles. The maximum Gasteiger partial charge on any atom is 0.416 e. The number of benzene rings is 2. The molecule has 1 aliphatic rings. The molecule has 2 aromatic rings. The third-order valence-corrected chi connectivity index (χ3v) is 6.73. The van der Waals surface area contributed by atoms with Gasteiger partial charge in [-0.05, 0) is 80.8 Å². The molecular formula is C28H32F6N2. The Bertz CT molecular complexity index is 1070. The number of nitrogens with zero attached hydrogens (tertiary/aromatic N) is 1. The molecule has 3 rings (SSSR count). The summed E-state index contributed by atoms with van der Waals surface area (Å²) in [7, 11) is 0. The lowest BCUT2D eigenvalue weighted by Crippen LogP contribution is -2.34. The Morgan fingerprint density at radius 3 is 2.25 bits per heavy atom. The minimum Gasteiger partial charge on any atom is -0.309 e. The van der Waals surface area contributed by atoms with E-state index in [1.54, 1.807) is 19.1 Å². The van der Waals surface area contributed by atoms with Crippen molar-refractivity contribution in [3.8, 4) is 0 Å². The Labute approximate surface area is 208 Å². The van der Waals surface area contributed by atoms with Gasteiger partial charge < -0.3 is 5.32 Å². The highest BCUT2D eigenvalue weighted by Crippen LogP contribution is 2.35. The van der Waals surface area contributed by atoms with Crippen LogP contribution >= 0.6 is 0 Å². The van der Waals surface area contributed by atoms with E-state index in [0.29, 0.717) is 16.8 Å². The van der Waals surface area contributed by atoms with Crippen molar-refractivity contribution in [2.45, 2.75) is 71.3 Å². The van der Waals surface area contributed by atoms with Crippen molar-refractivity contribution >= 4 is 11.4 Å². The van der Waals surface area contributed by atoms with E-state index in [4.69, 9.17) is 4.99 Å². The smallest absolute Gasteiger partial charge is 0.309 e. The van der Waals surface area contributed by atoms with E-state index < -0.39 is 23.5 Å². The van der Waals surface area contributed by atoms with Gasteiger partial charge >= 0.3 is 12.4 Å². The molecule has 1 heterocycles. The van der Waals surface area contributed by atoms with E-state index >= 15 is 0 Å². The van der Waals surface area contributed by atoms with Crippen LogP contribution in [0.2, 0.25) is 0 Å². The molecule has 1 saturated heterocycles. The van der Waals surface area contributed by atoms with Gasteiger partial charge in [0.1, 0.15) is 0 Å². The number of aryl methyl sites for hydroxylation is 2. The second-order valence-corrected chi connectivity index (χ2v) is 9.23. The lowest BCUT2D eigenvalue weighted by Gasteiger charge is -2.21. The molecule has 0 radical (unpaired) electrons. The fourth-order valence-electron chi connectivity index (χ4n) is 4.47. The lowest BCUT2D eigenvalue weighted by molar-refractivity contribution is -0.138. The van der Waals surface area contributed by atoms with E-state index in [1.165, 1.54) is 18.2 Å². The van der Waals surface area contributed by atoms with E-state index in [1.807, 2.05) is 0 Å². The number of halogens is 6. The van der Waals surface area contributed by atoms with Crippen LogP contribution in [0.4, 0.5) is 26.3 Å². The molecular weight excluding hydrogens is 478 g/mol. The summed E-state index contributed by atoms with van der Waals surface area (Å²) in [6.07, 6.45) is -4.17. The summed E-state index contributed by atoms with van der Waals surface area (Å²) >= 11 is 0. The van der Waals surface area contributed by atoms with Gasteiger partial charge in [0.15, 0.2) is 0 Å². The second-order valence-electron chi connectivity index (χ2n) is 9.23. The SMILES string of the molecule is C/C=C(\N=C(C(C)CC)C1CCCN1)c1ccc(CCc2ccc(C(F)(F)F)cc2)c(C(F)(F)F)c1. The average molecular weight is 511 g/mol. The molecule has 2 nitrogen and oxygen atoms in total. The predicted octanol–water partition coefficient (Wildman–Crippen LogP) is 8.11. The summed E-state index contributed by atoms with van der Waals surface area (Å²) in [6, 6.07) is 8.89. The third-order valence-electron chi connectivity index (χ3n) is 6.73. The van der Waals surface area contributed by atoms with Crippen LogP contribution in [0.1, 0.15) is 67.9 Å². The van der Waals surface area contributed by atoms with E-state index in [2.05, 4.69) is 19.2 Å². The molecule has 0 aliphatic carbocycles. The zero-order valence-corrected chi connectivity index (χ0v) is 20.7. The highest BCUT2D eigenvalue weighted by molar-refractivity contribution is 5.95. The number of aliphatic imine (C=N–C) groups is 1. The lowest BCUT2D eigenvalue weighted by atomic mass is 9.94. The highest BCUT2D eigenvalue weighted by atomic mass is 19.4. The average Bonchev–Trinajstić information content (AvgIpc) is 3.37. The Hall–Kier alpha value is -2.61. The zero-order chi connectivity index (χ0) is 26.5. The summed E-state index contributed by atoms with van der Waals surface area (Å²) in [5.74, 6) is 0.195. The minimum absolute atomic E-state index is 0.0546. The molecule has 36 heavy (non-hydrogen) atoms. The molecule has 8 heteroatoms. The standard InChI is InChI=1S/C28H32F6N2/c1-4-18(3)26(25-7-6-16-35-25)36-24(5-2)21-13-12-20(23(17-21)28(32,33)34)11-8-19-9-14-22(15-10-19)27(29,30)31/h5,9-10,12-15,17-18,25,35H,4,6-8,11,16H2,1-3H3/b24-5-,36-26?. The summed E-state index contributed by atoms with van der Waals surface area (Å²) in [4.78, 5) is 4.85. The van der Waals surface area contributed by atoms with Gasteiger partial charge in [0.05, 0.1) is 16.8 Å². The van der Waals surface area contributed by atoms with Crippen LogP contribution in [0.3, 0.4) is 0 Å². The molecule has 1 N–H and O–H groups in total. The van der Waals surface area contributed by atoms with Crippen LogP contribution in [0.5, 0.6) is 0 Å². The fraction of sp³-hybridized carbons (Fsp3) is 0.464. The van der Waals surface area contributed by atoms with Crippen molar-refractivity contribution in [2.75, 3.05) is 6.54 Å². The first-order valence-corrected chi connectivity index (χ1v) is 12.3. The first kappa shape index (κ1) is 28.0. The Kier molecular flexibility index (Phi) is 9.03. The first-order chi connectivity index (χ1) is 16.9. The van der Waals surface area contributed by atoms with Crippen LogP contribution in [-0.4, -0.2) is 18.3 Å². The maximum absolute atomic E-state index is 14.0. The minimum atomic E-state index is -4.57. The summed E-state index contributed by atoms with van der Waals surface area (Å²) in [6.45, 7) is 6.81. The molecule has 0 spiro atoms. The van der Waals surface area contributed by atoms with E-state index in [0.717, 1.165) is 49.7 Å². The molecule has 0 aromatic heterocycles. The van der Waals surface area contributed by atoms with E-state index in [-0.39, 0.29) is 30.4 Å². The fourth-order valence-corrected chi connectivity index (χ4v) is 4.47. The van der Waals surface area contributed by atoms with Gasteiger partial charge in [0.2, 0.25) is 0 Å². The van der Waals surface area contributed by atoms with Crippen LogP contribution in [0, 0.1) is 5.92 Å². The van der Waals surface area contributed by atoms with Crippen LogP contribution in [0.15, 0.2) is 53.5 Å². The van der Waals surface area contributed by atoms with Gasteiger partial charge in [-0.25, -0.2) is 0 Å². The first-order valence-electron chi connectivity index (χ1n) is 12.3. The molecule has 196 valence electrons. The quantitative estimate of drug-likeness (QED) is 0.282. The van der Waals surface area contributed by atoms with Crippen molar-refractivity contribution in [3.05, 3.63) is 76.4 Å². The molecule has 2 atom stereocenters. The number of hydrogen-bond acceptors (Lipinski definition) is 2. The zero-order valence-electron chi connectivity index (χ0n) is 20.7. The summed E-state index contributed by atoms with van der Waals surface area (Å²) < 4.78 is 80.3. The maximum atomic E-state index is 14.0. The Balaban J connectivity index is 1.88. The monoisotopic (exact) mass is 510 g/mol. The molecule has 0 bridgehead atoms. The summed E-state index contributed by atoms with van der Waals surface area (Å²) in [5, 5.41) is 3.44. The van der Waals surface area contributed by atoms with E-state index in [9.17, 15) is 26.3 Å². The molecule has 0 amide bonds. The number of alkyl halides is 6. The Morgan fingerprint density at radius 2 is 1.72 bits per heavy atom. The third kappa shape index (κ3) is 6.99. The highest BCUT2D eigenvalue weighted by Gasteiger charge is 2.34. The van der Waals surface area contributed by atoms with Gasteiger partial charge in [-0.3, -0.25) is 4.99 Å². The van der Waals surface area contributed by atoms with Gasteiger partial charge in [0.25, 0.3) is 0 Å².